The van der Waals surface area contributed by atoms with Crippen LogP contribution in [0.2, 0.25) is 5.02 Å². The molecule has 246 valence electrons. The predicted octanol–water partition coefficient (Wildman–Crippen LogP) is 6.04. The Morgan fingerprint density at radius 1 is 0.915 bits per heavy atom. The van der Waals surface area contributed by atoms with E-state index >= 15 is 0 Å². The van der Waals surface area contributed by atoms with Gasteiger partial charge in [0.05, 0.1) is 37.2 Å². The van der Waals surface area contributed by atoms with Crippen molar-refractivity contribution in [3.63, 3.8) is 0 Å². The lowest BCUT2D eigenvalue weighted by atomic mass is 9.98. The SMILES string of the molecule is COc1cc(N2CCC(N3CCN(C)CC3)CC2)ccc1Nc1ncc(Cl)c(Nc2ccccc2-c2c(OC)ccc(C=O)c2O)n1. The Labute approximate surface area is 280 Å². The quantitative estimate of drug-likeness (QED) is 0.174. The van der Waals surface area contributed by atoms with Crippen molar-refractivity contribution < 1.29 is 19.4 Å². The van der Waals surface area contributed by atoms with Crippen LogP contribution in [0, 0.1) is 0 Å². The fraction of sp³-hybridized carbons (Fsp3) is 0.343. The van der Waals surface area contributed by atoms with Crippen LogP contribution in [0.15, 0.2) is 60.8 Å². The first-order valence-electron chi connectivity index (χ1n) is 15.7. The summed E-state index contributed by atoms with van der Waals surface area (Å²) in [5, 5.41) is 17.8. The van der Waals surface area contributed by atoms with Crippen molar-refractivity contribution in [2.45, 2.75) is 18.9 Å². The normalized spacial score (nSPS) is 16.1. The summed E-state index contributed by atoms with van der Waals surface area (Å²) in [4.78, 5) is 28.1. The third-order valence-corrected chi connectivity index (χ3v) is 9.30. The van der Waals surface area contributed by atoms with Crippen LogP contribution in [0.25, 0.3) is 11.1 Å². The van der Waals surface area contributed by atoms with E-state index in [1.807, 2.05) is 30.3 Å². The third kappa shape index (κ3) is 7.07. The Bertz CT molecular complexity index is 1720. The van der Waals surface area contributed by atoms with Crippen molar-refractivity contribution in [1.82, 2.24) is 19.8 Å². The lowest BCUT2D eigenvalue weighted by Crippen LogP contribution is -2.52. The summed E-state index contributed by atoms with van der Waals surface area (Å²) in [6.07, 6.45) is 4.42. The molecule has 11 nitrogen and oxygen atoms in total. The maximum absolute atomic E-state index is 11.6. The first kappa shape index (κ1) is 32.4. The van der Waals surface area contributed by atoms with Crippen LogP contribution >= 0.6 is 11.6 Å². The number of para-hydroxylation sites is 1. The molecule has 0 unspecified atom stereocenters. The molecule has 12 heteroatoms. The molecule has 0 spiro atoms. The van der Waals surface area contributed by atoms with Gasteiger partial charge in [0.1, 0.15) is 22.3 Å². The van der Waals surface area contributed by atoms with Crippen LogP contribution in [0.5, 0.6) is 17.2 Å². The van der Waals surface area contributed by atoms with Crippen molar-refractivity contribution in [1.29, 1.82) is 0 Å². The van der Waals surface area contributed by atoms with Gasteiger partial charge in [-0.25, -0.2) is 4.98 Å². The number of rotatable bonds is 10. The fourth-order valence-corrected chi connectivity index (χ4v) is 6.48. The van der Waals surface area contributed by atoms with Crippen molar-refractivity contribution in [3.05, 3.63) is 71.4 Å². The van der Waals surface area contributed by atoms with Crippen LogP contribution in [0.4, 0.5) is 28.8 Å². The van der Waals surface area contributed by atoms with Gasteiger partial charge >= 0.3 is 0 Å². The standard InChI is InChI=1S/C35H40ClN7O4/c1-41-16-18-43(19-17-41)24-12-14-42(15-13-24)25-9-10-29(31(20-25)47-3)39-35-37-21-27(36)34(40-35)38-28-7-5-4-6-26(28)32-30(46-2)11-8-23(22-44)33(32)45/h4-11,20-22,24,45H,12-19H2,1-3H3,(H2,37,38,39,40). The number of phenols is 1. The van der Waals surface area contributed by atoms with E-state index in [4.69, 9.17) is 21.1 Å². The number of aromatic nitrogens is 2. The molecule has 2 saturated heterocycles. The van der Waals surface area contributed by atoms with E-state index in [0.29, 0.717) is 57.4 Å². The number of carbonyl (C=O) groups excluding carboxylic acids is 1. The number of benzene rings is 3. The second-order valence-electron chi connectivity index (χ2n) is 11.8. The Morgan fingerprint density at radius 2 is 1.66 bits per heavy atom. The van der Waals surface area contributed by atoms with E-state index in [1.165, 1.54) is 19.4 Å². The molecule has 3 aromatic carbocycles. The number of likely N-dealkylation sites (N-methyl/N-ethyl adjacent to an activating group) is 1. The molecule has 0 atom stereocenters. The van der Waals surface area contributed by atoms with Crippen molar-refractivity contribution in [2.75, 3.05) is 76.1 Å². The van der Waals surface area contributed by atoms with Crippen LogP contribution in [-0.2, 0) is 0 Å². The molecule has 2 aliphatic heterocycles. The molecular formula is C35H40ClN7O4. The number of aldehydes is 1. The monoisotopic (exact) mass is 657 g/mol. The molecule has 0 amide bonds. The highest BCUT2D eigenvalue weighted by molar-refractivity contribution is 6.33. The van der Waals surface area contributed by atoms with E-state index in [2.05, 4.69) is 54.5 Å². The van der Waals surface area contributed by atoms with E-state index in [1.54, 1.807) is 13.2 Å². The molecule has 47 heavy (non-hydrogen) atoms. The molecule has 0 bridgehead atoms. The number of carbonyl (C=O) groups is 1. The number of piperidine rings is 1. The molecule has 1 aromatic heterocycles. The van der Waals surface area contributed by atoms with Crippen LogP contribution in [0.3, 0.4) is 0 Å². The minimum absolute atomic E-state index is 0.150. The highest BCUT2D eigenvalue weighted by atomic mass is 35.5. The number of hydrogen-bond donors (Lipinski definition) is 3. The zero-order valence-electron chi connectivity index (χ0n) is 26.9. The summed E-state index contributed by atoms with van der Waals surface area (Å²) in [6, 6.07) is 17.2. The van der Waals surface area contributed by atoms with Crippen LogP contribution in [0.1, 0.15) is 23.2 Å². The molecule has 0 saturated carbocycles. The highest BCUT2D eigenvalue weighted by Crippen LogP contribution is 2.44. The van der Waals surface area contributed by atoms with Gasteiger partial charge in [-0.3, -0.25) is 9.69 Å². The molecule has 0 aliphatic carbocycles. The zero-order chi connectivity index (χ0) is 32.9. The number of anilines is 5. The summed E-state index contributed by atoms with van der Waals surface area (Å²) in [6.45, 7) is 6.61. The number of hydrogen-bond acceptors (Lipinski definition) is 11. The number of methoxy groups -OCH3 is 2. The Hall–Kier alpha value is -4.58. The average molecular weight is 658 g/mol. The molecular weight excluding hydrogens is 618 g/mol. The summed E-state index contributed by atoms with van der Waals surface area (Å²) < 4.78 is 11.3. The van der Waals surface area contributed by atoms with Gasteiger partial charge in [0.15, 0.2) is 12.1 Å². The number of piperazine rings is 1. The Balaban J connectivity index is 1.18. The molecule has 6 rings (SSSR count). The summed E-state index contributed by atoms with van der Waals surface area (Å²) in [5.74, 6) is 1.57. The van der Waals surface area contributed by atoms with Crippen LogP contribution < -0.4 is 25.0 Å². The summed E-state index contributed by atoms with van der Waals surface area (Å²) in [7, 11) is 5.36. The highest BCUT2D eigenvalue weighted by Gasteiger charge is 2.27. The van der Waals surface area contributed by atoms with Crippen molar-refractivity contribution >= 4 is 46.7 Å². The summed E-state index contributed by atoms with van der Waals surface area (Å²) >= 11 is 6.55. The molecule has 2 fully saturated rings. The molecule has 3 N–H and O–H groups in total. The fourth-order valence-electron chi connectivity index (χ4n) is 6.34. The zero-order valence-corrected chi connectivity index (χ0v) is 27.6. The molecule has 4 aromatic rings. The van der Waals surface area contributed by atoms with Gasteiger partial charge in [-0.1, -0.05) is 29.8 Å². The number of aromatic hydroxyl groups is 1. The topological polar surface area (TPSA) is 115 Å². The first-order valence-corrected chi connectivity index (χ1v) is 16.1. The van der Waals surface area contributed by atoms with Gasteiger partial charge in [0.25, 0.3) is 0 Å². The van der Waals surface area contributed by atoms with Crippen LogP contribution in [-0.4, -0.2) is 97.7 Å². The van der Waals surface area contributed by atoms with Crippen molar-refractivity contribution in [2.24, 2.45) is 0 Å². The molecule has 0 radical (unpaired) electrons. The van der Waals surface area contributed by atoms with Gasteiger partial charge in [0, 0.05) is 68.3 Å². The largest absolute Gasteiger partial charge is 0.506 e. The van der Waals surface area contributed by atoms with Gasteiger partial charge in [-0.15, -0.1) is 0 Å². The number of ether oxygens (including phenoxy) is 2. The Kier molecular flexibility index (Phi) is 9.95. The minimum Gasteiger partial charge on any atom is -0.506 e. The average Bonchev–Trinajstić information content (AvgIpc) is 3.10. The van der Waals surface area contributed by atoms with Gasteiger partial charge < -0.3 is 35.0 Å². The number of halogens is 1. The number of phenolic OH excluding ortho intramolecular Hbond substituents is 1. The maximum atomic E-state index is 11.6. The minimum atomic E-state index is -0.181. The van der Waals surface area contributed by atoms with E-state index in [0.717, 1.165) is 63.5 Å². The molecule has 2 aliphatic rings. The lowest BCUT2D eigenvalue weighted by Gasteiger charge is -2.42. The Morgan fingerprint density at radius 3 is 2.38 bits per heavy atom. The van der Waals surface area contributed by atoms with Gasteiger partial charge in [-0.05, 0) is 50.2 Å². The second kappa shape index (κ2) is 14.5. The summed E-state index contributed by atoms with van der Waals surface area (Å²) in [5.41, 5.74) is 3.55. The van der Waals surface area contributed by atoms with E-state index in [-0.39, 0.29) is 11.3 Å². The predicted molar refractivity (Wildman–Crippen MR) is 186 cm³/mol. The smallest absolute Gasteiger partial charge is 0.229 e. The second-order valence-corrected chi connectivity index (χ2v) is 12.2. The van der Waals surface area contributed by atoms with Crippen molar-refractivity contribution in [3.8, 4) is 28.4 Å². The number of nitrogens with zero attached hydrogens (tertiary/aromatic N) is 5. The number of nitrogens with one attached hydrogen (secondary N) is 2. The van der Waals surface area contributed by atoms with E-state index < -0.39 is 0 Å². The van der Waals surface area contributed by atoms with E-state index in [9.17, 15) is 9.90 Å². The molecule has 3 heterocycles. The lowest BCUT2D eigenvalue weighted by molar-refractivity contribution is 0.0982. The van der Waals surface area contributed by atoms with Gasteiger partial charge in [0.2, 0.25) is 5.95 Å². The first-order chi connectivity index (χ1) is 22.9. The third-order valence-electron chi connectivity index (χ3n) is 9.03. The maximum Gasteiger partial charge on any atom is 0.229 e. The van der Waals surface area contributed by atoms with Gasteiger partial charge in [-0.2, -0.15) is 4.98 Å².